The van der Waals surface area contributed by atoms with Crippen LogP contribution in [-0.4, -0.2) is 48.8 Å². The van der Waals surface area contributed by atoms with E-state index in [2.05, 4.69) is 26.1 Å². The summed E-state index contributed by atoms with van der Waals surface area (Å²) in [6.07, 6.45) is 5.38. The van der Waals surface area contributed by atoms with Gasteiger partial charge in [-0.25, -0.2) is 18.4 Å². The number of hydrogen-bond donors (Lipinski definition) is 1. The summed E-state index contributed by atoms with van der Waals surface area (Å²) in [6, 6.07) is 17.7. The molecular formula is C37H48F2N2O5. The van der Waals surface area contributed by atoms with Crippen LogP contribution in [0.3, 0.4) is 0 Å². The van der Waals surface area contributed by atoms with Crippen LogP contribution in [0, 0.1) is 11.6 Å². The van der Waals surface area contributed by atoms with E-state index in [4.69, 9.17) is 14.2 Å². The molecule has 9 heteroatoms. The molecule has 2 amide bonds. The first kappa shape index (κ1) is 36.3. The standard InChI is InChI=1S/C37H48F2N2O5/c1-6-8-9-10-11-22-41(36(43)40-34-21-16-30(38)25-33(34)39)23-24-45-31-17-12-28(13-18-31)26-37(5,35(42)44-7-2)46-32-19-14-29(15-20-32)27(3)4/h12-21,25,27H,6-11,22-24,26H2,1-5H3,(H,40,43). The predicted octanol–water partition coefficient (Wildman–Crippen LogP) is 8.91. The third-order valence-electron chi connectivity index (χ3n) is 7.68. The van der Waals surface area contributed by atoms with Crippen molar-refractivity contribution < 1.29 is 32.6 Å². The molecule has 0 aliphatic carbocycles. The minimum Gasteiger partial charge on any atom is -0.492 e. The van der Waals surface area contributed by atoms with E-state index in [1.54, 1.807) is 30.9 Å². The Kier molecular flexibility index (Phi) is 14.3. The number of anilines is 1. The number of nitrogens with zero attached hydrogens (tertiary/aromatic N) is 1. The van der Waals surface area contributed by atoms with Gasteiger partial charge in [-0.05, 0) is 73.7 Å². The number of ether oxygens (including phenoxy) is 3. The highest BCUT2D eigenvalue weighted by Gasteiger charge is 2.37. The first-order valence-corrected chi connectivity index (χ1v) is 16.2. The molecule has 7 nitrogen and oxygen atoms in total. The van der Waals surface area contributed by atoms with E-state index in [1.165, 1.54) is 11.6 Å². The van der Waals surface area contributed by atoms with E-state index in [1.807, 2.05) is 36.4 Å². The van der Waals surface area contributed by atoms with Crippen LogP contribution in [-0.2, 0) is 16.0 Å². The molecule has 0 saturated carbocycles. The fraction of sp³-hybridized carbons (Fsp3) is 0.459. The second-order valence-corrected chi connectivity index (χ2v) is 11.9. The Hall–Kier alpha value is -4.14. The lowest BCUT2D eigenvalue weighted by Crippen LogP contribution is -2.45. The van der Waals surface area contributed by atoms with E-state index in [9.17, 15) is 18.4 Å². The molecule has 0 radical (unpaired) electrons. The van der Waals surface area contributed by atoms with Gasteiger partial charge in [0.05, 0.1) is 18.8 Å². The third-order valence-corrected chi connectivity index (χ3v) is 7.68. The topological polar surface area (TPSA) is 77.1 Å². The second-order valence-electron chi connectivity index (χ2n) is 11.9. The summed E-state index contributed by atoms with van der Waals surface area (Å²) in [5, 5.41) is 2.55. The van der Waals surface area contributed by atoms with Crippen molar-refractivity contribution in [2.75, 3.05) is 31.6 Å². The number of benzene rings is 3. The first-order chi connectivity index (χ1) is 22.0. The fourth-order valence-corrected chi connectivity index (χ4v) is 4.99. The zero-order valence-corrected chi connectivity index (χ0v) is 27.7. The Morgan fingerprint density at radius 1 is 0.870 bits per heavy atom. The molecule has 0 saturated heterocycles. The number of rotatable bonds is 18. The Balaban J connectivity index is 1.62. The SMILES string of the molecule is CCCCCCCN(CCOc1ccc(CC(C)(Oc2ccc(C(C)C)cc2)C(=O)OCC)cc1)C(=O)Nc1ccc(F)cc1F. The molecule has 1 unspecified atom stereocenters. The summed E-state index contributed by atoms with van der Waals surface area (Å²) in [4.78, 5) is 27.6. The van der Waals surface area contributed by atoms with Crippen molar-refractivity contribution in [3.63, 3.8) is 0 Å². The largest absolute Gasteiger partial charge is 0.492 e. The van der Waals surface area contributed by atoms with Crippen LogP contribution >= 0.6 is 0 Å². The number of esters is 1. The minimum atomic E-state index is -1.24. The van der Waals surface area contributed by atoms with Crippen LogP contribution in [0.4, 0.5) is 19.3 Å². The van der Waals surface area contributed by atoms with Crippen LogP contribution in [0.5, 0.6) is 11.5 Å². The molecule has 0 heterocycles. The molecule has 250 valence electrons. The van der Waals surface area contributed by atoms with E-state index in [0.29, 0.717) is 24.0 Å². The maximum Gasteiger partial charge on any atom is 0.350 e. The minimum absolute atomic E-state index is 0.0785. The van der Waals surface area contributed by atoms with Crippen molar-refractivity contribution in [1.29, 1.82) is 0 Å². The number of hydrogen-bond acceptors (Lipinski definition) is 5. The van der Waals surface area contributed by atoms with Gasteiger partial charge in [-0.2, -0.15) is 0 Å². The molecule has 0 spiro atoms. The van der Waals surface area contributed by atoms with Crippen LogP contribution in [0.25, 0.3) is 0 Å². The summed E-state index contributed by atoms with van der Waals surface area (Å²) in [7, 11) is 0. The van der Waals surface area contributed by atoms with Crippen molar-refractivity contribution >= 4 is 17.7 Å². The van der Waals surface area contributed by atoms with Crippen molar-refractivity contribution in [1.82, 2.24) is 4.90 Å². The van der Waals surface area contributed by atoms with E-state index < -0.39 is 29.2 Å². The zero-order valence-electron chi connectivity index (χ0n) is 27.7. The number of unbranched alkanes of at least 4 members (excludes halogenated alkanes) is 4. The quantitative estimate of drug-likeness (QED) is 0.111. The average Bonchev–Trinajstić information content (AvgIpc) is 3.02. The summed E-state index contributed by atoms with van der Waals surface area (Å²) >= 11 is 0. The van der Waals surface area contributed by atoms with Gasteiger partial charge in [0.1, 0.15) is 29.7 Å². The average molecular weight is 639 g/mol. The van der Waals surface area contributed by atoms with Crippen LogP contribution in [0.1, 0.15) is 83.8 Å². The highest BCUT2D eigenvalue weighted by Crippen LogP contribution is 2.27. The molecule has 0 aliphatic rings. The smallest absolute Gasteiger partial charge is 0.350 e. The molecule has 3 aromatic rings. The van der Waals surface area contributed by atoms with Gasteiger partial charge in [0.2, 0.25) is 5.60 Å². The number of halogens is 2. The van der Waals surface area contributed by atoms with Crippen LogP contribution in [0.2, 0.25) is 0 Å². The van der Waals surface area contributed by atoms with Gasteiger partial charge in [-0.15, -0.1) is 0 Å². The summed E-state index contributed by atoms with van der Waals surface area (Å²) in [5.41, 5.74) is 0.715. The van der Waals surface area contributed by atoms with E-state index in [0.717, 1.165) is 49.8 Å². The molecule has 3 rings (SSSR count). The third kappa shape index (κ3) is 11.3. The summed E-state index contributed by atoms with van der Waals surface area (Å²) < 4.78 is 45.0. The van der Waals surface area contributed by atoms with Gasteiger partial charge >= 0.3 is 12.0 Å². The number of urea groups is 1. The molecule has 1 N–H and O–H groups in total. The monoisotopic (exact) mass is 638 g/mol. The highest BCUT2D eigenvalue weighted by molar-refractivity contribution is 5.89. The Morgan fingerprint density at radius 2 is 1.54 bits per heavy atom. The Bertz CT molecular complexity index is 1380. The van der Waals surface area contributed by atoms with Gasteiger partial charge in [0.25, 0.3) is 0 Å². The van der Waals surface area contributed by atoms with Crippen LogP contribution in [0.15, 0.2) is 66.7 Å². The number of nitrogens with one attached hydrogen (secondary N) is 1. The first-order valence-electron chi connectivity index (χ1n) is 16.2. The van der Waals surface area contributed by atoms with E-state index in [-0.39, 0.29) is 31.9 Å². The molecule has 1 atom stereocenters. The molecule has 46 heavy (non-hydrogen) atoms. The molecule has 3 aromatic carbocycles. The molecule has 0 fully saturated rings. The van der Waals surface area contributed by atoms with Crippen molar-refractivity contribution in [2.45, 2.75) is 84.7 Å². The van der Waals surface area contributed by atoms with Gasteiger partial charge in [-0.3, -0.25) is 0 Å². The number of carbonyl (C=O) groups is 2. The zero-order chi connectivity index (χ0) is 33.5. The summed E-state index contributed by atoms with van der Waals surface area (Å²) in [5.74, 6) is -0.427. The predicted molar refractivity (Wildman–Crippen MR) is 178 cm³/mol. The van der Waals surface area contributed by atoms with Gasteiger partial charge in [-0.1, -0.05) is 70.7 Å². The van der Waals surface area contributed by atoms with Crippen molar-refractivity contribution in [2.24, 2.45) is 0 Å². The lowest BCUT2D eigenvalue weighted by molar-refractivity contribution is -0.160. The Labute approximate surface area is 272 Å². The molecule has 0 bridgehead atoms. The van der Waals surface area contributed by atoms with Gasteiger partial charge in [0.15, 0.2) is 0 Å². The fourth-order valence-electron chi connectivity index (χ4n) is 4.99. The lowest BCUT2D eigenvalue weighted by atomic mass is 9.96. The molecule has 0 aliphatic heterocycles. The van der Waals surface area contributed by atoms with Gasteiger partial charge < -0.3 is 24.4 Å². The number of amides is 2. The lowest BCUT2D eigenvalue weighted by Gasteiger charge is -2.29. The molecular weight excluding hydrogens is 590 g/mol. The van der Waals surface area contributed by atoms with Crippen LogP contribution < -0.4 is 14.8 Å². The van der Waals surface area contributed by atoms with Gasteiger partial charge in [0, 0.05) is 19.0 Å². The number of carbonyl (C=O) groups excluding carboxylic acids is 2. The van der Waals surface area contributed by atoms with E-state index >= 15 is 0 Å². The van der Waals surface area contributed by atoms with Crippen molar-refractivity contribution in [3.8, 4) is 11.5 Å². The highest BCUT2D eigenvalue weighted by atomic mass is 19.1. The second kappa shape index (κ2) is 18.1. The maximum atomic E-state index is 14.2. The molecule has 0 aromatic heterocycles. The van der Waals surface area contributed by atoms with Crippen molar-refractivity contribution in [3.05, 3.63) is 89.5 Å². The normalized spacial score (nSPS) is 12.3. The maximum absolute atomic E-state index is 14.2. The Morgan fingerprint density at radius 3 is 2.17 bits per heavy atom. The summed E-state index contributed by atoms with van der Waals surface area (Å²) in [6.45, 7) is 11.1.